The number of rotatable bonds is 4. The number of hydrogen-bond donors (Lipinski definition) is 0. The second kappa shape index (κ2) is 3.81. The number of halogens is 2. The van der Waals surface area contributed by atoms with Crippen LogP contribution in [0.2, 0.25) is 0 Å². The van der Waals surface area contributed by atoms with Gasteiger partial charge in [0.2, 0.25) is 0 Å². The Morgan fingerprint density at radius 1 is 1.50 bits per heavy atom. The molecule has 0 atom stereocenters. The zero-order chi connectivity index (χ0) is 9.83. The summed E-state index contributed by atoms with van der Waals surface area (Å²) in [7, 11) is -3.91. The average Bonchev–Trinajstić information content (AvgIpc) is 1.85. The van der Waals surface area contributed by atoms with Crippen LogP contribution in [-0.4, -0.2) is 25.8 Å². The minimum absolute atomic E-state index is 0.530. The molecule has 0 amide bonds. The van der Waals surface area contributed by atoms with E-state index in [9.17, 15) is 17.2 Å². The molecule has 12 heavy (non-hydrogen) atoms. The van der Waals surface area contributed by atoms with E-state index < -0.39 is 33.7 Å². The van der Waals surface area contributed by atoms with Crippen molar-refractivity contribution in [3.8, 4) is 6.07 Å². The molecule has 6 heteroatoms. The van der Waals surface area contributed by atoms with E-state index in [0.717, 1.165) is 0 Å². The number of alkyl halides is 2. The molecule has 0 aromatic rings. The van der Waals surface area contributed by atoms with Gasteiger partial charge in [0.05, 0.1) is 6.07 Å². The molecule has 0 aliphatic rings. The van der Waals surface area contributed by atoms with Gasteiger partial charge in [0.1, 0.15) is 11.5 Å². The number of nitrogens with zero attached hydrogens (tertiary/aromatic N) is 1. The van der Waals surface area contributed by atoms with Crippen LogP contribution in [0.5, 0.6) is 0 Å². The van der Waals surface area contributed by atoms with Gasteiger partial charge in [-0.25, -0.2) is 17.2 Å². The fourth-order valence-electron chi connectivity index (χ4n) is 0.573. The predicted molar refractivity (Wildman–Crippen MR) is 39.5 cm³/mol. The minimum Gasteiger partial charge on any atom is -0.228 e. The van der Waals surface area contributed by atoms with Crippen molar-refractivity contribution >= 4 is 9.84 Å². The second-order valence-electron chi connectivity index (χ2n) is 2.40. The molecule has 0 N–H and O–H groups in total. The highest BCUT2D eigenvalue weighted by Crippen LogP contribution is 2.19. The van der Waals surface area contributed by atoms with Gasteiger partial charge in [0, 0.05) is 6.42 Å². The zero-order valence-electron chi connectivity index (χ0n) is 6.55. The zero-order valence-corrected chi connectivity index (χ0v) is 7.37. The smallest absolute Gasteiger partial charge is 0.228 e. The van der Waals surface area contributed by atoms with Crippen molar-refractivity contribution in [2.45, 2.75) is 19.3 Å². The number of sulfone groups is 1. The summed E-state index contributed by atoms with van der Waals surface area (Å²) in [5.74, 6) is -5.29. The van der Waals surface area contributed by atoms with Gasteiger partial charge in [-0.15, -0.1) is 0 Å². The van der Waals surface area contributed by atoms with Gasteiger partial charge in [-0.05, 0) is 0 Å². The van der Waals surface area contributed by atoms with E-state index in [0.29, 0.717) is 0 Å². The Kier molecular flexibility index (Phi) is 3.58. The van der Waals surface area contributed by atoms with E-state index in [1.807, 2.05) is 0 Å². The lowest BCUT2D eigenvalue weighted by atomic mass is 10.3. The second-order valence-corrected chi connectivity index (χ2v) is 4.46. The lowest BCUT2D eigenvalue weighted by Gasteiger charge is -2.11. The first-order valence-corrected chi connectivity index (χ1v) is 5.10. The highest BCUT2D eigenvalue weighted by Gasteiger charge is 2.33. The van der Waals surface area contributed by atoms with Crippen LogP contribution in [0.4, 0.5) is 8.78 Å². The lowest BCUT2D eigenvalue weighted by molar-refractivity contribution is 0.0218. The molecule has 0 saturated carbocycles. The average molecular weight is 197 g/mol. The van der Waals surface area contributed by atoms with Crippen LogP contribution in [-0.2, 0) is 9.84 Å². The molecule has 0 fully saturated rings. The van der Waals surface area contributed by atoms with Gasteiger partial charge in [-0.1, -0.05) is 6.92 Å². The van der Waals surface area contributed by atoms with Crippen LogP contribution >= 0.6 is 0 Å². The molecule has 0 aromatic carbocycles. The van der Waals surface area contributed by atoms with E-state index in [4.69, 9.17) is 5.26 Å². The maximum absolute atomic E-state index is 12.5. The number of hydrogen-bond acceptors (Lipinski definition) is 3. The third-order valence-electron chi connectivity index (χ3n) is 1.23. The van der Waals surface area contributed by atoms with Crippen molar-refractivity contribution in [3.05, 3.63) is 0 Å². The van der Waals surface area contributed by atoms with E-state index in [1.54, 1.807) is 0 Å². The van der Waals surface area contributed by atoms with E-state index >= 15 is 0 Å². The fraction of sp³-hybridized carbons (Fsp3) is 0.833. The highest BCUT2D eigenvalue weighted by atomic mass is 32.2. The van der Waals surface area contributed by atoms with Crippen LogP contribution < -0.4 is 0 Å². The van der Waals surface area contributed by atoms with E-state index in [-0.39, 0.29) is 0 Å². The van der Waals surface area contributed by atoms with E-state index in [2.05, 4.69) is 0 Å². The lowest BCUT2D eigenvalue weighted by Crippen LogP contribution is -2.28. The summed E-state index contributed by atoms with van der Waals surface area (Å²) in [6.07, 6.45) is -0.530. The Bertz CT molecular complexity index is 278. The van der Waals surface area contributed by atoms with Gasteiger partial charge in [-0.2, -0.15) is 5.26 Å². The molecule has 0 radical (unpaired) electrons. The van der Waals surface area contributed by atoms with Crippen LogP contribution in [0.3, 0.4) is 0 Å². The van der Waals surface area contributed by atoms with Gasteiger partial charge in [-0.3, -0.25) is 0 Å². The van der Waals surface area contributed by atoms with Crippen molar-refractivity contribution < 1.29 is 17.2 Å². The van der Waals surface area contributed by atoms with Crippen molar-refractivity contribution in [2.24, 2.45) is 0 Å². The molecule has 0 unspecified atom stereocenters. The Morgan fingerprint density at radius 3 is 2.33 bits per heavy atom. The van der Waals surface area contributed by atoms with Crippen molar-refractivity contribution in [1.29, 1.82) is 5.26 Å². The molecule has 0 rings (SSSR count). The largest absolute Gasteiger partial charge is 0.261 e. The summed E-state index contributed by atoms with van der Waals surface area (Å²) in [6.45, 7) is 1.20. The first-order chi connectivity index (χ1) is 5.33. The first-order valence-electron chi connectivity index (χ1n) is 3.28. The van der Waals surface area contributed by atoms with Crippen LogP contribution in [0.1, 0.15) is 13.3 Å². The monoisotopic (exact) mass is 197 g/mol. The molecule has 0 heterocycles. The highest BCUT2D eigenvalue weighted by molar-refractivity contribution is 7.91. The predicted octanol–water partition coefficient (Wildman–Crippen LogP) is 0.970. The van der Waals surface area contributed by atoms with Gasteiger partial charge in [0.25, 0.3) is 5.92 Å². The standard InChI is InChI=1S/C6H9F2NO2S/c1-2-6(7,8)5-12(10,11)4-3-9/h2,4-5H2,1H3. The van der Waals surface area contributed by atoms with Crippen molar-refractivity contribution in [1.82, 2.24) is 0 Å². The molecule has 0 aliphatic heterocycles. The number of nitriles is 1. The first kappa shape index (κ1) is 11.3. The van der Waals surface area contributed by atoms with Crippen LogP contribution in [0, 0.1) is 11.3 Å². The molecule has 0 aliphatic carbocycles. The summed E-state index contributed by atoms with van der Waals surface area (Å²) in [5.41, 5.74) is 0. The van der Waals surface area contributed by atoms with Crippen molar-refractivity contribution in [2.75, 3.05) is 11.5 Å². The molecule has 0 bridgehead atoms. The Hall–Kier alpha value is -0.700. The Labute approximate surface area is 69.9 Å². The summed E-state index contributed by atoms with van der Waals surface area (Å²) in [5, 5.41) is 8.00. The molecule has 0 spiro atoms. The molecule has 3 nitrogen and oxygen atoms in total. The van der Waals surface area contributed by atoms with Crippen LogP contribution in [0.15, 0.2) is 0 Å². The molecular formula is C6H9F2NO2S. The maximum atomic E-state index is 12.5. The van der Waals surface area contributed by atoms with Gasteiger partial charge in [0.15, 0.2) is 9.84 Å². The summed E-state index contributed by atoms with van der Waals surface area (Å²) in [6, 6.07) is 1.33. The third-order valence-corrected chi connectivity index (χ3v) is 2.66. The fourth-order valence-corrected chi connectivity index (χ4v) is 1.72. The maximum Gasteiger partial charge on any atom is 0.261 e. The topological polar surface area (TPSA) is 57.9 Å². The molecule has 0 saturated heterocycles. The van der Waals surface area contributed by atoms with Crippen LogP contribution in [0.25, 0.3) is 0 Å². The molecule has 70 valence electrons. The SMILES string of the molecule is CCC(F)(F)CS(=O)(=O)CC#N. The normalized spacial score (nSPS) is 12.5. The molecular weight excluding hydrogens is 188 g/mol. The van der Waals surface area contributed by atoms with Gasteiger partial charge < -0.3 is 0 Å². The summed E-state index contributed by atoms with van der Waals surface area (Å²) < 4.78 is 46.4. The van der Waals surface area contributed by atoms with E-state index in [1.165, 1.54) is 13.0 Å². The molecule has 0 aromatic heterocycles. The Balaban J connectivity index is 4.38. The third kappa shape index (κ3) is 4.23. The summed E-state index contributed by atoms with van der Waals surface area (Å²) in [4.78, 5) is 0. The van der Waals surface area contributed by atoms with Gasteiger partial charge >= 0.3 is 0 Å². The Morgan fingerprint density at radius 2 is 2.00 bits per heavy atom. The van der Waals surface area contributed by atoms with Crippen molar-refractivity contribution in [3.63, 3.8) is 0 Å². The quantitative estimate of drug-likeness (QED) is 0.674. The minimum atomic E-state index is -3.91. The summed E-state index contributed by atoms with van der Waals surface area (Å²) >= 11 is 0.